The van der Waals surface area contributed by atoms with Crippen LogP contribution in [0.5, 0.6) is 0 Å². The quantitative estimate of drug-likeness (QED) is 0.493. The van der Waals surface area contributed by atoms with Gasteiger partial charge in [0.1, 0.15) is 5.25 Å². The van der Waals surface area contributed by atoms with Crippen molar-refractivity contribution in [3.63, 3.8) is 0 Å². The number of hydrogen-bond donors (Lipinski definition) is 2. The molecular weight excluding hydrogens is 472 g/mol. The van der Waals surface area contributed by atoms with Crippen LogP contribution in [0.3, 0.4) is 0 Å². The van der Waals surface area contributed by atoms with Crippen LogP contribution < -0.4 is 15.5 Å². The lowest BCUT2D eigenvalue weighted by Gasteiger charge is -2.33. The molecule has 7 nitrogen and oxygen atoms in total. The molecule has 36 heavy (non-hydrogen) atoms. The van der Waals surface area contributed by atoms with E-state index in [2.05, 4.69) is 29.4 Å². The largest absolute Gasteiger partial charge is 0.350 e. The molecule has 1 saturated carbocycles. The van der Waals surface area contributed by atoms with Crippen LogP contribution in [-0.2, 0) is 9.59 Å². The second kappa shape index (κ2) is 13.7. The van der Waals surface area contributed by atoms with E-state index in [0.29, 0.717) is 12.1 Å². The minimum atomic E-state index is -0.230. The lowest BCUT2D eigenvalue weighted by molar-refractivity contribution is -0.121. The molecule has 196 valence electrons. The van der Waals surface area contributed by atoms with Gasteiger partial charge in [-0.05, 0) is 68.4 Å². The monoisotopic (exact) mass is 512 g/mol. The van der Waals surface area contributed by atoms with Crippen LogP contribution in [0, 0.1) is 0 Å². The fourth-order valence-electron chi connectivity index (χ4n) is 4.65. The molecule has 3 rings (SSSR count). The predicted octanol–water partition coefficient (Wildman–Crippen LogP) is 4.11. The lowest BCUT2D eigenvalue weighted by Crippen LogP contribution is -2.54. The second-order valence-corrected chi connectivity index (χ2v) is 10.9. The maximum Gasteiger partial charge on any atom is 0.251 e. The van der Waals surface area contributed by atoms with Crippen molar-refractivity contribution in [2.24, 2.45) is 0 Å². The molecule has 1 aromatic carbocycles. The number of amides is 3. The number of rotatable bonds is 10. The molecule has 2 N–H and O–H groups in total. The Morgan fingerprint density at radius 3 is 2.31 bits per heavy atom. The molecule has 3 unspecified atom stereocenters. The number of carbonyl (C=O) groups is 3. The Labute approximate surface area is 219 Å². The fourth-order valence-corrected chi connectivity index (χ4v) is 5.55. The van der Waals surface area contributed by atoms with Gasteiger partial charge in [0.25, 0.3) is 5.91 Å². The highest BCUT2D eigenvalue weighted by Gasteiger charge is 2.30. The highest BCUT2D eigenvalue weighted by atomic mass is 32.2. The number of carbonyl (C=O) groups excluding carboxylic acids is 3. The smallest absolute Gasteiger partial charge is 0.251 e. The van der Waals surface area contributed by atoms with E-state index in [0.717, 1.165) is 55.8 Å². The summed E-state index contributed by atoms with van der Waals surface area (Å²) in [6.45, 7) is 8.28. The number of allylic oxidation sites excluding steroid dienone is 3. The standard InChI is InChI=1S/C28H40N4O3S/c1-5-18-32(6-2)19-26(33)31(4)22-16-14-21(15-17-22)27(34)29-23-11-7-8-12-24(23)30-28(35)25-13-9-10-20(3)36-25/h9-10,13-17,23-25H,5-8,11-12,18-19H2,1-4H3,(H,29,34)(H,30,35). The van der Waals surface area contributed by atoms with Crippen molar-refractivity contribution < 1.29 is 14.4 Å². The van der Waals surface area contributed by atoms with E-state index in [-0.39, 0.29) is 35.1 Å². The summed E-state index contributed by atoms with van der Waals surface area (Å²) in [5.41, 5.74) is 1.30. The van der Waals surface area contributed by atoms with Gasteiger partial charge in [-0.3, -0.25) is 19.3 Å². The van der Waals surface area contributed by atoms with Gasteiger partial charge in [0.15, 0.2) is 0 Å². The van der Waals surface area contributed by atoms with E-state index in [1.807, 2.05) is 37.3 Å². The Morgan fingerprint density at radius 2 is 1.69 bits per heavy atom. The molecule has 0 saturated heterocycles. The van der Waals surface area contributed by atoms with Crippen LogP contribution in [0.25, 0.3) is 0 Å². The van der Waals surface area contributed by atoms with Gasteiger partial charge in [0.05, 0.1) is 6.54 Å². The maximum absolute atomic E-state index is 13.0. The molecule has 0 spiro atoms. The third kappa shape index (κ3) is 7.71. The predicted molar refractivity (Wildman–Crippen MR) is 148 cm³/mol. The molecule has 8 heteroatoms. The first-order valence-corrected chi connectivity index (χ1v) is 13.9. The molecule has 1 aliphatic heterocycles. The van der Waals surface area contributed by atoms with Crippen molar-refractivity contribution in [1.29, 1.82) is 0 Å². The van der Waals surface area contributed by atoms with E-state index in [4.69, 9.17) is 0 Å². The summed E-state index contributed by atoms with van der Waals surface area (Å²) in [6.07, 6.45) is 10.6. The Kier molecular flexibility index (Phi) is 10.6. The minimum Gasteiger partial charge on any atom is -0.350 e. The van der Waals surface area contributed by atoms with E-state index >= 15 is 0 Å². The summed E-state index contributed by atoms with van der Waals surface area (Å²) in [5.74, 6) is -0.139. The number of nitrogens with one attached hydrogen (secondary N) is 2. The minimum absolute atomic E-state index is 0.00696. The average Bonchev–Trinajstić information content (AvgIpc) is 2.89. The number of nitrogens with zero attached hydrogens (tertiary/aromatic N) is 2. The van der Waals surface area contributed by atoms with Crippen LogP contribution in [0.4, 0.5) is 5.69 Å². The fraction of sp³-hybridized carbons (Fsp3) is 0.536. The van der Waals surface area contributed by atoms with Crippen molar-refractivity contribution in [2.45, 2.75) is 70.2 Å². The van der Waals surface area contributed by atoms with Gasteiger partial charge in [0.2, 0.25) is 11.8 Å². The van der Waals surface area contributed by atoms with Gasteiger partial charge in [-0.15, -0.1) is 11.8 Å². The van der Waals surface area contributed by atoms with Crippen molar-refractivity contribution in [1.82, 2.24) is 15.5 Å². The van der Waals surface area contributed by atoms with Gasteiger partial charge in [-0.25, -0.2) is 0 Å². The zero-order valence-electron chi connectivity index (χ0n) is 22.0. The first-order chi connectivity index (χ1) is 17.3. The molecule has 0 radical (unpaired) electrons. The molecule has 1 heterocycles. The number of hydrogen-bond acceptors (Lipinski definition) is 5. The second-order valence-electron chi connectivity index (χ2n) is 9.55. The molecule has 0 aromatic heterocycles. The van der Waals surface area contributed by atoms with E-state index in [9.17, 15) is 14.4 Å². The Bertz CT molecular complexity index is 976. The molecule has 2 aliphatic rings. The normalized spacial score (nSPS) is 21.6. The third-order valence-electron chi connectivity index (χ3n) is 6.84. The summed E-state index contributed by atoms with van der Waals surface area (Å²) in [7, 11) is 1.77. The molecular formula is C28H40N4O3S. The summed E-state index contributed by atoms with van der Waals surface area (Å²) >= 11 is 1.55. The summed E-state index contributed by atoms with van der Waals surface area (Å²) in [4.78, 5) is 43.4. The molecule has 1 aliphatic carbocycles. The molecule has 1 fully saturated rings. The van der Waals surface area contributed by atoms with Crippen LogP contribution in [0.1, 0.15) is 63.2 Å². The van der Waals surface area contributed by atoms with Gasteiger partial charge < -0.3 is 15.5 Å². The molecule has 3 amide bonds. The summed E-state index contributed by atoms with van der Waals surface area (Å²) in [5, 5.41) is 6.10. The van der Waals surface area contributed by atoms with Crippen LogP contribution in [0.2, 0.25) is 0 Å². The van der Waals surface area contributed by atoms with Gasteiger partial charge in [-0.1, -0.05) is 44.9 Å². The number of benzene rings is 1. The molecule has 1 aromatic rings. The first-order valence-electron chi connectivity index (χ1n) is 13.0. The Hall–Kier alpha value is -2.58. The van der Waals surface area contributed by atoms with Crippen molar-refractivity contribution in [3.05, 3.63) is 53.0 Å². The number of likely N-dealkylation sites (N-methyl/N-ethyl adjacent to an activating group) is 2. The van der Waals surface area contributed by atoms with Gasteiger partial charge in [-0.2, -0.15) is 0 Å². The van der Waals surface area contributed by atoms with Crippen molar-refractivity contribution in [2.75, 3.05) is 31.6 Å². The third-order valence-corrected chi connectivity index (χ3v) is 7.97. The maximum atomic E-state index is 13.0. The number of anilines is 1. The highest BCUT2D eigenvalue weighted by Crippen LogP contribution is 2.27. The first kappa shape index (κ1) is 28.0. The summed E-state index contributed by atoms with van der Waals surface area (Å²) in [6, 6.07) is 6.95. The Balaban J connectivity index is 1.57. The lowest BCUT2D eigenvalue weighted by atomic mass is 9.90. The van der Waals surface area contributed by atoms with E-state index < -0.39 is 0 Å². The molecule has 3 atom stereocenters. The molecule has 0 bridgehead atoms. The van der Waals surface area contributed by atoms with Gasteiger partial charge >= 0.3 is 0 Å². The van der Waals surface area contributed by atoms with Crippen LogP contribution in [-0.4, -0.2) is 66.6 Å². The number of thioether (sulfide) groups is 1. The average molecular weight is 513 g/mol. The van der Waals surface area contributed by atoms with Crippen molar-refractivity contribution in [3.8, 4) is 0 Å². The zero-order chi connectivity index (χ0) is 26.1. The summed E-state index contributed by atoms with van der Waals surface area (Å²) < 4.78 is 0. The van der Waals surface area contributed by atoms with Crippen molar-refractivity contribution >= 4 is 35.2 Å². The SMILES string of the molecule is CCCN(CC)CC(=O)N(C)c1ccc(C(=O)NC2CCCCC2NC(=O)C2C=CC=C(C)S2)cc1. The van der Waals surface area contributed by atoms with Gasteiger partial charge in [0, 0.05) is 30.4 Å². The Morgan fingerprint density at radius 1 is 1.03 bits per heavy atom. The van der Waals surface area contributed by atoms with E-state index in [1.165, 1.54) is 0 Å². The van der Waals surface area contributed by atoms with Crippen LogP contribution in [0.15, 0.2) is 47.4 Å². The van der Waals surface area contributed by atoms with E-state index in [1.54, 1.807) is 35.8 Å². The topological polar surface area (TPSA) is 81.8 Å². The highest BCUT2D eigenvalue weighted by molar-refractivity contribution is 8.04. The van der Waals surface area contributed by atoms with Crippen LogP contribution >= 0.6 is 11.8 Å². The zero-order valence-corrected chi connectivity index (χ0v) is 22.8.